The van der Waals surface area contributed by atoms with Crippen molar-refractivity contribution in [3.05, 3.63) is 82.2 Å². The van der Waals surface area contributed by atoms with Crippen LogP contribution in [0.3, 0.4) is 0 Å². The molecule has 0 atom stereocenters. The highest BCUT2D eigenvalue weighted by atomic mass is 35.5. The minimum Gasteiger partial charge on any atom is -0.486 e. The average molecular weight is 577 g/mol. The molecule has 1 aliphatic rings. The van der Waals surface area contributed by atoms with Gasteiger partial charge >= 0.3 is 0 Å². The highest BCUT2D eigenvalue weighted by Crippen LogP contribution is 2.38. The van der Waals surface area contributed by atoms with Gasteiger partial charge in [-0.2, -0.15) is 0 Å². The molecule has 0 saturated heterocycles. The van der Waals surface area contributed by atoms with Gasteiger partial charge in [-0.3, -0.25) is 9.78 Å². The van der Waals surface area contributed by atoms with Crippen LogP contribution >= 0.6 is 22.9 Å². The van der Waals surface area contributed by atoms with Gasteiger partial charge in [0.2, 0.25) is 5.91 Å². The van der Waals surface area contributed by atoms with Crippen LogP contribution in [0.15, 0.2) is 61.1 Å². The summed E-state index contributed by atoms with van der Waals surface area (Å²) in [5, 5.41) is 8.28. The molecule has 1 amide bonds. The van der Waals surface area contributed by atoms with E-state index in [4.69, 9.17) is 16.3 Å². The van der Waals surface area contributed by atoms with E-state index in [0.717, 1.165) is 51.7 Å². The molecule has 0 unspecified atom stereocenters. The summed E-state index contributed by atoms with van der Waals surface area (Å²) in [5.74, 6) is 2.03. The molecule has 1 aromatic carbocycles. The summed E-state index contributed by atoms with van der Waals surface area (Å²) >= 11 is 8.15. The average Bonchev–Trinajstić information content (AvgIpc) is 3.33. The summed E-state index contributed by atoms with van der Waals surface area (Å²) in [6.45, 7) is 7.65. The van der Waals surface area contributed by atoms with Crippen LogP contribution in [0.25, 0.3) is 10.2 Å². The fourth-order valence-corrected chi connectivity index (χ4v) is 5.96. The predicted octanol–water partition coefficient (Wildman–Crippen LogP) is 6.14. The molecule has 0 bridgehead atoms. The molecule has 1 aliphatic heterocycles. The smallest absolute Gasteiger partial charge is 0.246 e. The minimum absolute atomic E-state index is 0.0400. The van der Waals surface area contributed by atoms with E-state index in [9.17, 15) is 4.79 Å². The van der Waals surface area contributed by atoms with Crippen LogP contribution < -0.4 is 15.4 Å². The van der Waals surface area contributed by atoms with E-state index in [-0.39, 0.29) is 5.91 Å². The van der Waals surface area contributed by atoms with Crippen LogP contribution in [0, 0.1) is 5.92 Å². The Morgan fingerprint density at radius 2 is 2.12 bits per heavy atom. The quantitative estimate of drug-likeness (QED) is 0.164. The number of pyridine rings is 1. The van der Waals surface area contributed by atoms with Crippen LogP contribution in [0.5, 0.6) is 5.75 Å². The predicted molar refractivity (Wildman–Crippen MR) is 161 cm³/mol. The third-order valence-corrected chi connectivity index (χ3v) is 8.09. The fraction of sp³-hybridized carbons (Fsp3) is 0.333. The lowest BCUT2D eigenvalue weighted by atomic mass is 10.0. The molecule has 4 heterocycles. The summed E-state index contributed by atoms with van der Waals surface area (Å²) in [6.07, 6.45) is 8.78. The number of aromatic nitrogens is 3. The van der Waals surface area contributed by atoms with Crippen molar-refractivity contribution in [2.45, 2.75) is 39.8 Å². The number of anilines is 2. The molecule has 0 aliphatic carbocycles. The van der Waals surface area contributed by atoms with Crippen LogP contribution in [0.2, 0.25) is 5.02 Å². The number of benzene rings is 1. The van der Waals surface area contributed by atoms with Gasteiger partial charge in [0.1, 0.15) is 29.3 Å². The van der Waals surface area contributed by atoms with Crippen LogP contribution in [0.1, 0.15) is 36.4 Å². The van der Waals surface area contributed by atoms with Gasteiger partial charge in [-0.25, -0.2) is 9.97 Å². The standard InChI is InChI=1S/C30H33ClN6O2S/c1-20(2)10-14-32-12-5-7-27(38)37-15-11-23-26(17-37)40-30-28(23)29(34-19-35-30)36-21-8-9-25(24(31)16-21)39-18-22-6-3-4-13-33-22/h3-9,13,16,19-20,32H,10-12,14-15,17-18H2,1-2H3,(H,34,35,36)/b7-5+. The van der Waals surface area contributed by atoms with E-state index in [1.165, 1.54) is 5.56 Å². The second-order valence-corrected chi connectivity index (χ2v) is 11.6. The third kappa shape index (κ3) is 6.96. The number of carbonyl (C=O) groups is 1. The van der Waals surface area contributed by atoms with E-state index in [0.29, 0.717) is 42.9 Å². The van der Waals surface area contributed by atoms with E-state index < -0.39 is 0 Å². The van der Waals surface area contributed by atoms with Gasteiger partial charge in [-0.1, -0.05) is 37.6 Å². The molecule has 5 rings (SSSR count). The van der Waals surface area contributed by atoms with Gasteiger partial charge in [0.15, 0.2) is 0 Å². The zero-order valence-electron chi connectivity index (χ0n) is 22.7. The highest BCUT2D eigenvalue weighted by Gasteiger charge is 2.25. The van der Waals surface area contributed by atoms with E-state index in [2.05, 4.69) is 39.4 Å². The number of rotatable bonds is 11. The van der Waals surface area contributed by atoms with Crippen molar-refractivity contribution in [1.82, 2.24) is 25.2 Å². The third-order valence-electron chi connectivity index (χ3n) is 6.67. The zero-order chi connectivity index (χ0) is 27.9. The Morgan fingerprint density at radius 3 is 2.92 bits per heavy atom. The van der Waals surface area contributed by atoms with E-state index >= 15 is 0 Å². The largest absolute Gasteiger partial charge is 0.486 e. The fourth-order valence-electron chi connectivity index (χ4n) is 4.52. The van der Waals surface area contributed by atoms with Gasteiger partial charge in [-0.15, -0.1) is 11.3 Å². The molecule has 0 spiro atoms. The zero-order valence-corrected chi connectivity index (χ0v) is 24.3. The van der Waals surface area contributed by atoms with Gasteiger partial charge < -0.3 is 20.3 Å². The van der Waals surface area contributed by atoms with Crippen molar-refractivity contribution < 1.29 is 9.53 Å². The van der Waals surface area contributed by atoms with Crippen molar-refractivity contribution in [1.29, 1.82) is 0 Å². The molecule has 0 fully saturated rings. The van der Waals surface area contributed by atoms with E-state index in [1.807, 2.05) is 47.4 Å². The molecule has 10 heteroatoms. The van der Waals surface area contributed by atoms with Gasteiger partial charge in [0.05, 0.1) is 22.6 Å². The number of carbonyl (C=O) groups excluding carboxylic acids is 1. The molecule has 2 N–H and O–H groups in total. The second-order valence-electron chi connectivity index (χ2n) is 10.1. The van der Waals surface area contributed by atoms with Crippen molar-refractivity contribution in [2.24, 2.45) is 5.92 Å². The lowest BCUT2D eigenvalue weighted by molar-refractivity contribution is -0.126. The first-order valence-corrected chi connectivity index (χ1v) is 14.7. The lowest BCUT2D eigenvalue weighted by Gasteiger charge is -2.26. The van der Waals surface area contributed by atoms with E-state index in [1.54, 1.807) is 29.9 Å². The van der Waals surface area contributed by atoms with Crippen molar-refractivity contribution in [3.63, 3.8) is 0 Å². The summed E-state index contributed by atoms with van der Waals surface area (Å²) in [4.78, 5) is 30.1. The number of hydrogen-bond acceptors (Lipinski definition) is 8. The van der Waals surface area contributed by atoms with Gasteiger partial charge in [-0.05, 0) is 61.2 Å². The minimum atomic E-state index is 0.0400. The number of ether oxygens (including phenoxy) is 1. The first-order chi connectivity index (χ1) is 19.5. The number of hydrogen-bond donors (Lipinski definition) is 2. The van der Waals surface area contributed by atoms with Crippen LogP contribution in [0.4, 0.5) is 11.5 Å². The topological polar surface area (TPSA) is 92.3 Å². The molecule has 8 nitrogen and oxygen atoms in total. The molecule has 0 saturated carbocycles. The van der Waals surface area contributed by atoms with Crippen molar-refractivity contribution >= 4 is 50.6 Å². The van der Waals surface area contributed by atoms with Crippen molar-refractivity contribution in [3.8, 4) is 5.75 Å². The number of nitrogens with one attached hydrogen (secondary N) is 2. The molecule has 208 valence electrons. The maximum atomic E-state index is 12.8. The summed E-state index contributed by atoms with van der Waals surface area (Å²) < 4.78 is 5.85. The Kier molecular flexibility index (Phi) is 9.26. The Balaban J connectivity index is 1.24. The summed E-state index contributed by atoms with van der Waals surface area (Å²) in [6, 6.07) is 11.3. The molecular weight excluding hydrogens is 544 g/mol. The summed E-state index contributed by atoms with van der Waals surface area (Å²) in [7, 11) is 0. The maximum Gasteiger partial charge on any atom is 0.246 e. The Bertz CT molecular complexity index is 1490. The second kappa shape index (κ2) is 13.2. The molecule has 0 radical (unpaired) electrons. The lowest BCUT2D eigenvalue weighted by Crippen LogP contribution is -2.34. The van der Waals surface area contributed by atoms with Gasteiger partial charge in [0.25, 0.3) is 0 Å². The normalized spacial score (nSPS) is 13.2. The first-order valence-electron chi connectivity index (χ1n) is 13.5. The summed E-state index contributed by atoms with van der Waals surface area (Å²) in [5.41, 5.74) is 2.83. The van der Waals surface area contributed by atoms with Crippen molar-refractivity contribution in [2.75, 3.05) is 25.0 Å². The van der Waals surface area contributed by atoms with Crippen LogP contribution in [-0.2, 0) is 24.4 Å². The number of nitrogens with zero attached hydrogens (tertiary/aromatic N) is 4. The first kappa shape index (κ1) is 28.0. The molecule has 3 aromatic heterocycles. The maximum absolute atomic E-state index is 12.8. The van der Waals surface area contributed by atoms with Gasteiger partial charge in [0, 0.05) is 35.9 Å². The molecular formula is C30H33ClN6O2S. The molecule has 40 heavy (non-hydrogen) atoms. The number of thiophene rings is 1. The Hall–Kier alpha value is -3.53. The number of fused-ring (bicyclic) bond motifs is 3. The Morgan fingerprint density at radius 1 is 1.23 bits per heavy atom. The number of amides is 1. The van der Waals surface area contributed by atoms with Crippen LogP contribution in [-0.4, -0.2) is 45.4 Å². The monoisotopic (exact) mass is 576 g/mol. The Labute approximate surface area is 243 Å². The highest BCUT2D eigenvalue weighted by molar-refractivity contribution is 7.19. The number of halogens is 1. The SMILES string of the molecule is CC(C)CCNC/C=C/C(=O)N1CCc2c(sc3ncnc(Nc4ccc(OCc5ccccn5)c(Cl)c4)c23)C1. The molecule has 4 aromatic rings.